The number of rotatable bonds is 3. The van der Waals surface area contributed by atoms with Crippen LogP contribution < -0.4 is 0 Å². The van der Waals surface area contributed by atoms with E-state index in [0.717, 1.165) is 19.1 Å². The molecule has 62 valence electrons. The van der Waals surface area contributed by atoms with Crippen LogP contribution in [0, 0.1) is 17.2 Å². The van der Waals surface area contributed by atoms with Crippen molar-refractivity contribution < 1.29 is 4.79 Å². The normalized spacial score (nSPS) is 31.3. The van der Waals surface area contributed by atoms with E-state index in [2.05, 4.69) is 0 Å². The molecule has 2 heteroatoms. The van der Waals surface area contributed by atoms with Crippen molar-refractivity contribution in [2.45, 2.75) is 32.1 Å². The number of carbonyl (C=O) groups is 1. The lowest BCUT2D eigenvalue weighted by Crippen LogP contribution is -2.16. The van der Waals surface area contributed by atoms with E-state index < -0.39 is 0 Å². The Morgan fingerprint density at radius 2 is 2.27 bits per heavy atom. The third-order valence-electron chi connectivity index (χ3n) is 2.49. The summed E-state index contributed by atoms with van der Waals surface area (Å²) in [7, 11) is 0. The van der Waals surface area contributed by atoms with Crippen LogP contribution in [0.1, 0.15) is 32.1 Å². The van der Waals surface area contributed by atoms with Gasteiger partial charge in [-0.05, 0) is 37.3 Å². The van der Waals surface area contributed by atoms with Crippen LogP contribution >= 0.6 is 0 Å². The quantitative estimate of drug-likeness (QED) is 0.489. The van der Waals surface area contributed by atoms with E-state index >= 15 is 0 Å². The van der Waals surface area contributed by atoms with E-state index in [9.17, 15) is 4.79 Å². The minimum Gasteiger partial charge on any atom is -0.313 e. The summed E-state index contributed by atoms with van der Waals surface area (Å²) in [5.74, 6) is 1.02. The zero-order chi connectivity index (χ0) is 8.10. The lowest BCUT2D eigenvalue weighted by atomic mass is 9.81. The number of aldehydes is 1. The Bertz CT molecular complexity index is 144. The number of carbonyl (C=O) groups excluding carboxylic acids is 1. The molecule has 1 saturated carbocycles. The van der Waals surface area contributed by atoms with Gasteiger partial charge >= 0.3 is 0 Å². The van der Waals surface area contributed by atoms with Crippen LogP contribution in [-0.2, 0) is 4.79 Å². The molecule has 2 atom stereocenters. The van der Waals surface area contributed by atoms with Gasteiger partial charge in [0.1, 0.15) is 6.29 Å². The van der Waals surface area contributed by atoms with Gasteiger partial charge in [-0.15, -0.1) is 0 Å². The third kappa shape index (κ3) is 2.45. The van der Waals surface area contributed by atoms with E-state index in [1.165, 1.54) is 19.1 Å². The van der Waals surface area contributed by atoms with Crippen molar-refractivity contribution in [2.24, 2.45) is 11.8 Å². The van der Waals surface area contributed by atoms with Crippen LogP contribution in [-0.4, -0.2) is 12.5 Å². The molecule has 0 bridgehead atoms. The Balaban J connectivity index is 2.32. The Morgan fingerprint density at radius 3 is 2.91 bits per heavy atom. The van der Waals surface area contributed by atoms with Gasteiger partial charge in [-0.1, -0.05) is 6.42 Å². The second-order valence-electron chi connectivity index (χ2n) is 3.36. The predicted molar refractivity (Wildman–Crippen MR) is 44.9 cm³/mol. The Hall–Kier alpha value is -0.660. The van der Waals surface area contributed by atoms with Crippen molar-refractivity contribution in [3.8, 4) is 0 Å². The first-order chi connectivity index (χ1) is 5.36. The molecule has 1 aliphatic carbocycles. The average Bonchev–Trinajstić information content (AvgIpc) is 2.06. The molecule has 0 spiro atoms. The first-order valence-corrected chi connectivity index (χ1v) is 4.31. The number of hydrogen-bond acceptors (Lipinski definition) is 2. The first-order valence-electron chi connectivity index (χ1n) is 4.31. The van der Waals surface area contributed by atoms with Gasteiger partial charge in [0.15, 0.2) is 0 Å². The monoisotopic (exact) mass is 153 g/mol. The molecule has 0 aromatic carbocycles. The minimum absolute atomic E-state index is 0.452. The summed E-state index contributed by atoms with van der Waals surface area (Å²) in [4.78, 5) is 10.2. The standard InChI is InChI=1S/C9H15NO/c10-7-9-3-1-2-8(6-9)4-5-11/h5,7-10H,1-4,6H2. The van der Waals surface area contributed by atoms with E-state index in [0.29, 0.717) is 18.3 Å². The average molecular weight is 153 g/mol. The zero-order valence-corrected chi connectivity index (χ0v) is 6.75. The van der Waals surface area contributed by atoms with Crippen LogP contribution in [0.4, 0.5) is 0 Å². The molecule has 11 heavy (non-hydrogen) atoms. The predicted octanol–water partition coefficient (Wildman–Crippen LogP) is 2.03. The molecule has 0 aliphatic heterocycles. The van der Waals surface area contributed by atoms with E-state index in [4.69, 9.17) is 5.41 Å². The molecule has 0 radical (unpaired) electrons. The molecule has 0 aromatic heterocycles. The molecule has 0 aromatic rings. The lowest BCUT2D eigenvalue weighted by Gasteiger charge is -2.24. The van der Waals surface area contributed by atoms with E-state index in [1.54, 1.807) is 0 Å². The lowest BCUT2D eigenvalue weighted by molar-refractivity contribution is -0.108. The molecule has 1 N–H and O–H groups in total. The summed E-state index contributed by atoms with van der Waals surface area (Å²) in [5, 5.41) is 7.11. The summed E-state index contributed by atoms with van der Waals surface area (Å²) in [6, 6.07) is 0. The molecule has 0 saturated heterocycles. The topological polar surface area (TPSA) is 40.9 Å². The van der Waals surface area contributed by atoms with Gasteiger partial charge in [-0.3, -0.25) is 0 Å². The van der Waals surface area contributed by atoms with Crippen LogP contribution in [0.25, 0.3) is 0 Å². The smallest absolute Gasteiger partial charge is 0.120 e. The van der Waals surface area contributed by atoms with Crippen molar-refractivity contribution in [2.75, 3.05) is 0 Å². The zero-order valence-electron chi connectivity index (χ0n) is 6.75. The fourth-order valence-electron chi connectivity index (χ4n) is 1.83. The molecule has 1 fully saturated rings. The molecular formula is C9H15NO. The molecule has 0 amide bonds. The summed E-state index contributed by atoms with van der Waals surface area (Å²) >= 11 is 0. The first kappa shape index (κ1) is 8.44. The van der Waals surface area contributed by atoms with Gasteiger partial charge in [0.05, 0.1) is 0 Å². The summed E-state index contributed by atoms with van der Waals surface area (Å²) in [6.07, 6.45) is 7.83. The van der Waals surface area contributed by atoms with Crippen molar-refractivity contribution in [1.29, 1.82) is 5.41 Å². The molecular weight excluding hydrogens is 138 g/mol. The van der Waals surface area contributed by atoms with E-state index in [1.807, 2.05) is 0 Å². The van der Waals surface area contributed by atoms with Crippen molar-refractivity contribution in [3.63, 3.8) is 0 Å². The van der Waals surface area contributed by atoms with Gasteiger partial charge in [0.2, 0.25) is 0 Å². The molecule has 2 unspecified atom stereocenters. The van der Waals surface area contributed by atoms with Crippen molar-refractivity contribution in [1.82, 2.24) is 0 Å². The Kier molecular flexibility index (Phi) is 3.27. The molecule has 2 nitrogen and oxygen atoms in total. The molecule has 0 heterocycles. The fraction of sp³-hybridized carbons (Fsp3) is 0.778. The van der Waals surface area contributed by atoms with E-state index in [-0.39, 0.29) is 0 Å². The minimum atomic E-state index is 0.452. The fourth-order valence-corrected chi connectivity index (χ4v) is 1.83. The summed E-state index contributed by atoms with van der Waals surface area (Å²) in [6.45, 7) is 0. The second kappa shape index (κ2) is 4.27. The summed E-state index contributed by atoms with van der Waals surface area (Å²) < 4.78 is 0. The van der Waals surface area contributed by atoms with Gasteiger partial charge < -0.3 is 10.2 Å². The van der Waals surface area contributed by atoms with Crippen molar-refractivity contribution >= 4 is 12.5 Å². The van der Waals surface area contributed by atoms with Crippen LogP contribution in [0.15, 0.2) is 0 Å². The maximum atomic E-state index is 10.2. The van der Waals surface area contributed by atoms with Gasteiger partial charge in [0.25, 0.3) is 0 Å². The number of hydrogen-bond donors (Lipinski definition) is 1. The van der Waals surface area contributed by atoms with Gasteiger partial charge in [-0.25, -0.2) is 0 Å². The van der Waals surface area contributed by atoms with Crippen LogP contribution in [0.3, 0.4) is 0 Å². The Labute approximate surface area is 67.5 Å². The van der Waals surface area contributed by atoms with Gasteiger partial charge in [0, 0.05) is 6.42 Å². The van der Waals surface area contributed by atoms with Gasteiger partial charge in [-0.2, -0.15) is 0 Å². The largest absolute Gasteiger partial charge is 0.313 e. The molecule has 1 rings (SSSR count). The number of nitrogens with one attached hydrogen (secondary N) is 1. The SMILES string of the molecule is N=CC1CCCC(CC=O)C1. The van der Waals surface area contributed by atoms with Crippen LogP contribution in [0.5, 0.6) is 0 Å². The van der Waals surface area contributed by atoms with Crippen LogP contribution in [0.2, 0.25) is 0 Å². The maximum Gasteiger partial charge on any atom is 0.120 e. The van der Waals surface area contributed by atoms with Crippen molar-refractivity contribution in [3.05, 3.63) is 0 Å². The highest BCUT2D eigenvalue weighted by molar-refractivity contribution is 5.57. The highest BCUT2D eigenvalue weighted by atomic mass is 16.1. The second-order valence-corrected chi connectivity index (χ2v) is 3.36. The molecule has 1 aliphatic rings. The highest BCUT2D eigenvalue weighted by Gasteiger charge is 2.19. The highest BCUT2D eigenvalue weighted by Crippen LogP contribution is 2.29. The third-order valence-corrected chi connectivity index (χ3v) is 2.49. The summed E-state index contributed by atoms with van der Waals surface area (Å²) in [5.41, 5.74) is 0. The maximum absolute atomic E-state index is 10.2. The Morgan fingerprint density at radius 1 is 1.45 bits per heavy atom.